The molecular weight excluding hydrogens is 348 g/mol. The number of hydrogen-bond donors (Lipinski definition) is 1. The standard InChI is InChI=1S/C17H13ClN2O3S/c18-11-6-4-10(5-7-11)17(22)23-9-15(21)20-16-13(8-19)12-2-1-3-14(12)24-16/h4-7H,1-3,9H2,(H,20,21). The summed E-state index contributed by atoms with van der Waals surface area (Å²) in [7, 11) is 0. The lowest BCUT2D eigenvalue weighted by Gasteiger charge is -2.06. The van der Waals surface area contributed by atoms with Gasteiger partial charge in [0.25, 0.3) is 5.91 Å². The number of aryl methyl sites for hydroxylation is 1. The molecule has 1 N–H and O–H groups in total. The zero-order valence-corrected chi connectivity index (χ0v) is 14.2. The van der Waals surface area contributed by atoms with Gasteiger partial charge in [0.05, 0.1) is 11.1 Å². The molecule has 0 saturated carbocycles. The van der Waals surface area contributed by atoms with Gasteiger partial charge in [-0.05, 0) is 49.1 Å². The lowest BCUT2D eigenvalue weighted by atomic mass is 10.1. The van der Waals surface area contributed by atoms with Crippen molar-refractivity contribution in [3.63, 3.8) is 0 Å². The van der Waals surface area contributed by atoms with E-state index in [1.165, 1.54) is 23.5 Å². The van der Waals surface area contributed by atoms with Gasteiger partial charge in [-0.2, -0.15) is 5.26 Å². The van der Waals surface area contributed by atoms with E-state index in [9.17, 15) is 14.9 Å². The van der Waals surface area contributed by atoms with Gasteiger partial charge in [0.1, 0.15) is 11.1 Å². The Morgan fingerprint density at radius 2 is 2.04 bits per heavy atom. The van der Waals surface area contributed by atoms with Crippen LogP contribution in [0.3, 0.4) is 0 Å². The van der Waals surface area contributed by atoms with E-state index in [0.29, 0.717) is 21.2 Å². The molecule has 5 nitrogen and oxygen atoms in total. The first-order valence-electron chi connectivity index (χ1n) is 7.35. The highest BCUT2D eigenvalue weighted by molar-refractivity contribution is 7.16. The van der Waals surface area contributed by atoms with Gasteiger partial charge in [-0.25, -0.2) is 4.79 Å². The van der Waals surface area contributed by atoms with Gasteiger partial charge in [-0.3, -0.25) is 4.79 Å². The van der Waals surface area contributed by atoms with Crippen LogP contribution < -0.4 is 5.32 Å². The zero-order chi connectivity index (χ0) is 17.1. The maximum Gasteiger partial charge on any atom is 0.338 e. The maximum atomic E-state index is 12.0. The number of anilines is 1. The van der Waals surface area contributed by atoms with Crippen LogP contribution in [0.25, 0.3) is 0 Å². The van der Waals surface area contributed by atoms with Crippen molar-refractivity contribution in [2.24, 2.45) is 0 Å². The molecule has 7 heteroatoms. The molecule has 0 saturated heterocycles. The quantitative estimate of drug-likeness (QED) is 0.845. The second-order valence-corrected chi connectivity index (χ2v) is 6.85. The normalized spacial score (nSPS) is 12.3. The molecule has 3 rings (SSSR count). The average Bonchev–Trinajstić information content (AvgIpc) is 3.13. The number of esters is 1. The van der Waals surface area contributed by atoms with Crippen LogP contribution in [0.1, 0.15) is 32.8 Å². The monoisotopic (exact) mass is 360 g/mol. The Hall–Kier alpha value is -2.36. The van der Waals surface area contributed by atoms with Crippen LogP contribution in [0, 0.1) is 11.3 Å². The summed E-state index contributed by atoms with van der Waals surface area (Å²) in [6, 6.07) is 8.36. The fraction of sp³-hybridized carbons (Fsp3) is 0.235. The number of ether oxygens (including phenoxy) is 1. The lowest BCUT2D eigenvalue weighted by molar-refractivity contribution is -0.119. The minimum absolute atomic E-state index is 0.319. The van der Waals surface area contributed by atoms with Crippen molar-refractivity contribution in [1.29, 1.82) is 5.26 Å². The second-order valence-electron chi connectivity index (χ2n) is 5.30. The summed E-state index contributed by atoms with van der Waals surface area (Å²) in [5.74, 6) is -1.07. The predicted molar refractivity (Wildman–Crippen MR) is 91.4 cm³/mol. The number of benzene rings is 1. The van der Waals surface area contributed by atoms with Crippen molar-refractivity contribution in [3.8, 4) is 6.07 Å². The average molecular weight is 361 g/mol. The van der Waals surface area contributed by atoms with Crippen molar-refractivity contribution in [3.05, 3.63) is 50.9 Å². The Kier molecular flexibility index (Phi) is 4.84. The van der Waals surface area contributed by atoms with Gasteiger partial charge in [-0.15, -0.1) is 11.3 Å². The third-order valence-corrected chi connectivity index (χ3v) is 5.16. The highest BCUT2D eigenvalue weighted by Gasteiger charge is 2.23. The summed E-state index contributed by atoms with van der Waals surface area (Å²) in [5, 5.41) is 13.0. The van der Waals surface area contributed by atoms with Gasteiger partial charge in [-0.1, -0.05) is 11.6 Å². The fourth-order valence-electron chi connectivity index (χ4n) is 2.57. The van der Waals surface area contributed by atoms with E-state index in [2.05, 4.69) is 11.4 Å². The van der Waals surface area contributed by atoms with Crippen LogP contribution >= 0.6 is 22.9 Å². The van der Waals surface area contributed by atoms with Crippen LogP contribution in [0.5, 0.6) is 0 Å². The number of carbonyl (C=O) groups excluding carboxylic acids is 2. The van der Waals surface area contributed by atoms with Crippen LogP contribution in [-0.4, -0.2) is 18.5 Å². The maximum absolute atomic E-state index is 12.0. The van der Waals surface area contributed by atoms with Crippen molar-refractivity contribution < 1.29 is 14.3 Å². The first-order chi connectivity index (χ1) is 11.6. The number of nitrogens with one attached hydrogen (secondary N) is 1. The first-order valence-corrected chi connectivity index (χ1v) is 8.55. The van der Waals surface area contributed by atoms with Crippen LogP contribution in [0.15, 0.2) is 24.3 Å². The van der Waals surface area contributed by atoms with Crippen LogP contribution in [-0.2, 0) is 22.4 Å². The number of hydrogen-bond acceptors (Lipinski definition) is 5. The highest BCUT2D eigenvalue weighted by atomic mass is 35.5. The Morgan fingerprint density at radius 3 is 2.75 bits per heavy atom. The number of rotatable bonds is 4. The molecule has 2 aromatic rings. The highest BCUT2D eigenvalue weighted by Crippen LogP contribution is 2.38. The molecule has 0 radical (unpaired) electrons. The van der Waals surface area contributed by atoms with Gasteiger partial charge in [0.15, 0.2) is 6.61 Å². The molecule has 1 amide bonds. The molecule has 122 valence electrons. The summed E-state index contributed by atoms with van der Waals surface area (Å²) >= 11 is 7.18. The molecule has 1 aromatic carbocycles. The molecule has 0 atom stereocenters. The Labute approximate surface area is 147 Å². The van der Waals surface area contributed by atoms with E-state index in [0.717, 1.165) is 29.7 Å². The molecular formula is C17H13ClN2O3S. The summed E-state index contributed by atoms with van der Waals surface area (Å²) in [6.07, 6.45) is 2.86. The molecule has 1 aliphatic rings. The number of thiophene rings is 1. The number of carbonyl (C=O) groups is 2. The SMILES string of the molecule is N#Cc1c(NC(=O)COC(=O)c2ccc(Cl)cc2)sc2c1CCC2. The van der Waals surface area contributed by atoms with Gasteiger partial charge >= 0.3 is 5.97 Å². The lowest BCUT2D eigenvalue weighted by Crippen LogP contribution is -2.20. The summed E-state index contributed by atoms with van der Waals surface area (Å²) in [6.45, 7) is -0.408. The predicted octanol–water partition coefficient (Wildman–Crippen LogP) is 3.56. The van der Waals surface area contributed by atoms with Crippen LogP contribution in [0.4, 0.5) is 5.00 Å². The van der Waals surface area contributed by atoms with Gasteiger partial charge in [0.2, 0.25) is 0 Å². The number of fused-ring (bicyclic) bond motifs is 1. The smallest absolute Gasteiger partial charge is 0.338 e. The van der Waals surface area contributed by atoms with Crippen molar-refractivity contribution in [1.82, 2.24) is 0 Å². The van der Waals surface area contributed by atoms with E-state index in [1.54, 1.807) is 12.1 Å². The summed E-state index contributed by atoms with van der Waals surface area (Å²) in [5.41, 5.74) is 1.89. The number of nitriles is 1. The largest absolute Gasteiger partial charge is 0.452 e. The van der Waals surface area contributed by atoms with E-state index in [1.807, 2.05) is 0 Å². The van der Waals surface area contributed by atoms with Crippen molar-refractivity contribution >= 4 is 39.8 Å². The molecule has 0 unspecified atom stereocenters. The fourth-order valence-corrected chi connectivity index (χ4v) is 3.96. The van der Waals surface area contributed by atoms with E-state index in [4.69, 9.17) is 16.3 Å². The topological polar surface area (TPSA) is 79.2 Å². The molecule has 0 bridgehead atoms. The van der Waals surface area contributed by atoms with E-state index < -0.39 is 18.5 Å². The Balaban J connectivity index is 1.59. The number of amides is 1. The third kappa shape index (κ3) is 3.42. The molecule has 0 fully saturated rings. The minimum Gasteiger partial charge on any atom is -0.452 e. The minimum atomic E-state index is -0.601. The van der Waals surface area contributed by atoms with Gasteiger partial charge < -0.3 is 10.1 Å². The number of nitrogens with zero attached hydrogens (tertiary/aromatic N) is 1. The van der Waals surface area contributed by atoms with E-state index in [-0.39, 0.29) is 0 Å². The van der Waals surface area contributed by atoms with E-state index >= 15 is 0 Å². The molecule has 0 spiro atoms. The first kappa shape index (κ1) is 16.5. The molecule has 1 heterocycles. The second kappa shape index (κ2) is 7.04. The van der Waals surface area contributed by atoms with Crippen LogP contribution in [0.2, 0.25) is 5.02 Å². The Morgan fingerprint density at radius 1 is 1.29 bits per heavy atom. The third-order valence-electron chi connectivity index (χ3n) is 3.70. The molecule has 1 aliphatic carbocycles. The molecule has 24 heavy (non-hydrogen) atoms. The number of halogens is 1. The summed E-state index contributed by atoms with van der Waals surface area (Å²) < 4.78 is 4.98. The summed E-state index contributed by atoms with van der Waals surface area (Å²) in [4.78, 5) is 25.0. The zero-order valence-electron chi connectivity index (χ0n) is 12.6. The van der Waals surface area contributed by atoms with Gasteiger partial charge in [0, 0.05) is 9.90 Å². The van der Waals surface area contributed by atoms with Crippen molar-refractivity contribution in [2.75, 3.05) is 11.9 Å². The molecule has 1 aromatic heterocycles. The molecule has 0 aliphatic heterocycles. The van der Waals surface area contributed by atoms with Crippen molar-refractivity contribution in [2.45, 2.75) is 19.3 Å². The Bertz CT molecular complexity index is 837.